The summed E-state index contributed by atoms with van der Waals surface area (Å²) in [5.74, 6) is 1.32. The molecule has 2 aromatic heterocycles. The molecular formula is C28H34N7O3P. The number of carbonyl (C=O) groups is 1. The fourth-order valence-corrected chi connectivity index (χ4v) is 5.82. The van der Waals surface area contributed by atoms with Crippen LogP contribution in [0.25, 0.3) is 11.0 Å². The highest BCUT2D eigenvalue weighted by Crippen LogP contribution is 2.39. The number of benzene rings is 2. The third-order valence-electron chi connectivity index (χ3n) is 6.62. The molecule has 0 saturated carbocycles. The van der Waals surface area contributed by atoms with Gasteiger partial charge in [-0.25, -0.2) is 0 Å². The summed E-state index contributed by atoms with van der Waals surface area (Å²) in [4.78, 5) is 25.4. The van der Waals surface area contributed by atoms with Crippen molar-refractivity contribution in [2.45, 2.75) is 25.8 Å². The minimum Gasteiger partial charge on any atom is -0.492 e. The Morgan fingerprint density at radius 3 is 2.62 bits per heavy atom. The number of H-pyrrole nitrogens is 1. The third kappa shape index (κ3) is 6.24. The van der Waals surface area contributed by atoms with Gasteiger partial charge in [0.15, 0.2) is 0 Å². The predicted octanol–water partition coefficient (Wildman–Crippen LogP) is 4.57. The summed E-state index contributed by atoms with van der Waals surface area (Å²) in [5, 5.41) is 14.6. The molecule has 4 aromatic rings. The van der Waals surface area contributed by atoms with Crippen LogP contribution >= 0.6 is 7.14 Å². The third-order valence-corrected chi connectivity index (χ3v) is 8.17. The van der Waals surface area contributed by atoms with Gasteiger partial charge in [0, 0.05) is 23.1 Å². The van der Waals surface area contributed by atoms with Crippen LogP contribution in [-0.2, 0) is 4.57 Å². The van der Waals surface area contributed by atoms with Gasteiger partial charge in [-0.1, -0.05) is 12.1 Å². The molecule has 1 aliphatic rings. The molecule has 5 N–H and O–H groups in total. The number of hydrogen-bond acceptors (Lipinski definition) is 8. The van der Waals surface area contributed by atoms with Gasteiger partial charge in [0.2, 0.25) is 5.95 Å². The first-order valence-electron chi connectivity index (χ1n) is 13.1. The average molecular weight is 548 g/mol. The van der Waals surface area contributed by atoms with Gasteiger partial charge in [-0.2, -0.15) is 9.97 Å². The number of aromatic amines is 1. The lowest BCUT2D eigenvalue weighted by Gasteiger charge is -2.24. The summed E-state index contributed by atoms with van der Waals surface area (Å²) in [6.07, 6.45) is 3.63. The highest BCUT2D eigenvalue weighted by atomic mass is 31.2. The molecule has 1 fully saturated rings. The highest BCUT2D eigenvalue weighted by Gasteiger charge is 2.20. The second-order valence-electron chi connectivity index (χ2n) is 9.90. The Morgan fingerprint density at radius 1 is 1.05 bits per heavy atom. The van der Waals surface area contributed by atoms with Crippen LogP contribution in [0.2, 0.25) is 0 Å². The standard InChI is InChI=1S/C28H34N7O3P/c1-4-38-23-17-18(27(36)31-19-11-14-29-15-12-19)9-10-21(23)33-28-34-25-20(13-16-30-25)26(35-28)32-22-7-5-6-8-24(22)39(2,3)37/h5-10,13,16-17,19,29H,4,11-12,14-15H2,1-3H3,(H,31,36)(H3,30,32,33,34,35). The maximum atomic E-state index is 12.9. The fraction of sp³-hybridized carbons (Fsp3) is 0.321. The van der Waals surface area contributed by atoms with E-state index in [4.69, 9.17) is 9.72 Å². The van der Waals surface area contributed by atoms with E-state index in [1.165, 1.54) is 0 Å². The number of fused-ring (bicyclic) bond motifs is 1. The molecule has 10 nitrogen and oxygen atoms in total. The van der Waals surface area contributed by atoms with E-state index in [1.807, 2.05) is 37.3 Å². The summed E-state index contributed by atoms with van der Waals surface area (Å²) >= 11 is 0. The van der Waals surface area contributed by atoms with E-state index in [-0.39, 0.29) is 11.9 Å². The fourth-order valence-electron chi connectivity index (χ4n) is 4.67. The Balaban J connectivity index is 1.43. The van der Waals surface area contributed by atoms with Crippen molar-refractivity contribution in [3.05, 3.63) is 60.3 Å². The zero-order chi connectivity index (χ0) is 27.4. The maximum Gasteiger partial charge on any atom is 0.251 e. The number of rotatable bonds is 9. The monoisotopic (exact) mass is 547 g/mol. The summed E-state index contributed by atoms with van der Waals surface area (Å²) in [6.45, 7) is 7.63. The van der Waals surface area contributed by atoms with E-state index in [1.54, 1.807) is 37.7 Å². The van der Waals surface area contributed by atoms with Crippen molar-refractivity contribution in [2.24, 2.45) is 0 Å². The molecule has 0 atom stereocenters. The van der Waals surface area contributed by atoms with Crippen molar-refractivity contribution in [3.8, 4) is 5.75 Å². The van der Waals surface area contributed by atoms with Crippen molar-refractivity contribution >= 4 is 52.5 Å². The average Bonchev–Trinajstić information content (AvgIpc) is 3.39. The molecule has 0 spiro atoms. The molecule has 39 heavy (non-hydrogen) atoms. The summed E-state index contributed by atoms with van der Waals surface area (Å²) in [7, 11) is -2.53. The topological polar surface area (TPSA) is 133 Å². The van der Waals surface area contributed by atoms with Crippen LogP contribution in [0, 0.1) is 0 Å². The lowest BCUT2D eigenvalue weighted by atomic mass is 10.1. The van der Waals surface area contributed by atoms with Crippen LogP contribution in [0.5, 0.6) is 5.75 Å². The Kier molecular flexibility index (Phi) is 7.86. The second-order valence-corrected chi connectivity index (χ2v) is 13.1. The molecule has 204 valence electrons. The first-order chi connectivity index (χ1) is 18.8. The van der Waals surface area contributed by atoms with Crippen molar-refractivity contribution in [3.63, 3.8) is 0 Å². The van der Waals surface area contributed by atoms with Crippen molar-refractivity contribution in [2.75, 3.05) is 43.7 Å². The summed E-state index contributed by atoms with van der Waals surface area (Å²) in [6, 6.07) is 14.9. The number of amides is 1. The lowest BCUT2D eigenvalue weighted by molar-refractivity contribution is 0.0929. The molecular weight excluding hydrogens is 513 g/mol. The first kappa shape index (κ1) is 26.7. The molecule has 2 aromatic carbocycles. The highest BCUT2D eigenvalue weighted by molar-refractivity contribution is 7.70. The molecule has 5 rings (SSSR count). The van der Waals surface area contributed by atoms with Crippen LogP contribution in [0.4, 0.5) is 23.1 Å². The van der Waals surface area contributed by atoms with Crippen molar-refractivity contribution in [1.29, 1.82) is 0 Å². The number of carbonyl (C=O) groups excluding carboxylic acids is 1. The second kappa shape index (κ2) is 11.5. The SMILES string of the molecule is CCOc1cc(C(=O)NC2CCNCC2)ccc1Nc1nc(Nc2ccccc2P(C)(C)=O)c2cc[nH]c2n1. The van der Waals surface area contributed by atoms with Crippen molar-refractivity contribution in [1.82, 2.24) is 25.6 Å². The maximum absolute atomic E-state index is 12.9. The van der Waals surface area contributed by atoms with Gasteiger partial charge in [0.25, 0.3) is 5.91 Å². The normalized spacial score (nSPS) is 14.2. The van der Waals surface area contributed by atoms with Gasteiger partial charge in [-0.15, -0.1) is 0 Å². The Bertz CT molecular complexity index is 1520. The van der Waals surface area contributed by atoms with Crippen LogP contribution in [-0.4, -0.2) is 59.9 Å². The van der Waals surface area contributed by atoms with Crippen LogP contribution < -0.4 is 31.3 Å². The smallest absolute Gasteiger partial charge is 0.251 e. The molecule has 1 amide bonds. The number of hydrogen-bond donors (Lipinski definition) is 5. The number of aromatic nitrogens is 3. The number of nitrogens with zero attached hydrogens (tertiary/aromatic N) is 2. The van der Waals surface area contributed by atoms with E-state index < -0.39 is 7.14 Å². The number of anilines is 4. The minimum atomic E-state index is -2.53. The summed E-state index contributed by atoms with van der Waals surface area (Å²) in [5.41, 5.74) is 2.54. The van der Waals surface area contributed by atoms with Crippen molar-refractivity contribution < 1.29 is 14.1 Å². The van der Waals surface area contributed by atoms with Crippen LogP contribution in [0.1, 0.15) is 30.1 Å². The van der Waals surface area contributed by atoms with Crippen LogP contribution in [0.15, 0.2) is 54.7 Å². The zero-order valence-electron chi connectivity index (χ0n) is 22.4. The lowest BCUT2D eigenvalue weighted by Crippen LogP contribution is -2.42. The van der Waals surface area contributed by atoms with Gasteiger partial charge in [-0.3, -0.25) is 4.79 Å². The quantitative estimate of drug-likeness (QED) is 0.193. The van der Waals surface area contributed by atoms with Gasteiger partial charge in [-0.05, 0) is 82.6 Å². The molecule has 0 unspecified atom stereocenters. The first-order valence-corrected chi connectivity index (χ1v) is 15.7. The predicted molar refractivity (Wildman–Crippen MR) is 157 cm³/mol. The molecule has 0 bridgehead atoms. The molecule has 0 aliphatic carbocycles. The van der Waals surface area contributed by atoms with Gasteiger partial charge < -0.3 is 35.6 Å². The summed E-state index contributed by atoms with van der Waals surface area (Å²) < 4.78 is 18.8. The molecule has 0 radical (unpaired) electrons. The van der Waals surface area contributed by atoms with E-state index in [0.717, 1.165) is 42.3 Å². The van der Waals surface area contributed by atoms with E-state index in [9.17, 15) is 9.36 Å². The van der Waals surface area contributed by atoms with Gasteiger partial charge in [0.05, 0.1) is 23.4 Å². The van der Waals surface area contributed by atoms with E-state index in [0.29, 0.717) is 41.0 Å². The van der Waals surface area contributed by atoms with Crippen LogP contribution in [0.3, 0.4) is 0 Å². The molecule has 3 heterocycles. The van der Waals surface area contributed by atoms with Gasteiger partial charge >= 0.3 is 0 Å². The zero-order valence-corrected chi connectivity index (χ0v) is 23.3. The molecule has 1 saturated heterocycles. The Hall–Kier alpha value is -3.88. The largest absolute Gasteiger partial charge is 0.492 e. The number of piperidine rings is 1. The number of para-hydroxylation sites is 1. The Morgan fingerprint density at radius 2 is 1.85 bits per heavy atom. The van der Waals surface area contributed by atoms with E-state index >= 15 is 0 Å². The number of ether oxygens (including phenoxy) is 1. The van der Waals surface area contributed by atoms with E-state index in [2.05, 4.69) is 31.2 Å². The Labute approximate surface area is 227 Å². The number of nitrogens with one attached hydrogen (secondary N) is 5. The molecule has 11 heteroatoms. The molecule has 1 aliphatic heterocycles. The minimum absolute atomic E-state index is 0.118. The van der Waals surface area contributed by atoms with Gasteiger partial charge in [0.1, 0.15) is 24.4 Å².